The number of benzene rings is 1. The normalized spacial score (nSPS) is 10.4. The lowest BCUT2D eigenvalue weighted by Gasteiger charge is -2.05. The standard InChI is InChI=1S/C17H14ClN3O2S/c18-13-5-1-2-6-15(13)23-10-16-21-14(11-24-16)17(22)20-9-12-4-3-7-19-8-12/h1-8,11H,9-10H2,(H,20,22). The molecule has 2 heterocycles. The van der Waals surface area contributed by atoms with Crippen LogP contribution in [0.5, 0.6) is 5.75 Å². The summed E-state index contributed by atoms with van der Waals surface area (Å²) in [4.78, 5) is 20.4. The molecule has 1 amide bonds. The maximum Gasteiger partial charge on any atom is 0.271 e. The van der Waals surface area contributed by atoms with Crippen LogP contribution in [0.3, 0.4) is 0 Å². The van der Waals surface area contributed by atoms with E-state index in [1.807, 2.05) is 24.3 Å². The predicted molar refractivity (Wildman–Crippen MR) is 93.3 cm³/mol. The summed E-state index contributed by atoms with van der Waals surface area (Å²) in [7, 11) is 0. The van der Waals surface area contributed by atoms with Crippen LogP contribution in [0.1, 0.15) is 21.1 Å². The minimum absolute atomic E-state index is 0.223. The Balaban J connectivity index is 1.55. The minimum atomic E-state index is -0.223. The number of thiazole rings is 1. The number of carbonyl (C=O) groups excluding carboxylic acids is 1. The zero-order valence-corrected chi connectivity index (χ0v) is 14.2. The Bertz CT molecular complexity index is 823. The van der Waals surface area contributed by atoms with E-state index in [1.54, 1.807) is 29.9 Å². The summed E-state index contributed by atoms with van der Waals surface area (Å²) in [5.41, 5.74) is 1.31. The molecule has 0 aliphatic heterocycles. The zero-order valence-electron chi connectivity index (χ0n) is 12.6. The van der Waals surface area contributed by atoms with Crippen LogP contribution in [0, 0.1) is 0 Å². The Hall–Kier alpha value is -2.44. The smallest absolute Gasteiger partial charge is 0.271 e. The molecule has 0 radical (unpaired) electrons. The summed E-state index contributed by atoms with van der Waals surface area (Å²) in [5.74, 6) is 0.371. The highest BCUT2D eigenvalue weighted by molar-refractivity contribution is 7.09. The van der Waals surface area contributed by atoms with Crippen LogP contribution in [0.25, 0.3) is 0 Å². The molecule has 24 heavy (non-hydrogen) atoms. The number of carbonyl (C=O) groups is 1. The number of hydrogen-bond acceptors (Lipinski definition) is 5. The van der Waals surface area contributed by atoms with Gasteiger partial charge in [-0.15, -0.1) is 11.3 Å². The molecule has 0 spiro atoms. The molecular formula is C17H14ClN3O2S. The van der Waals surface area contributed by atoms with Gasteiger partial charge in [-0.25, -0.2) is 4.98 Å². The van der Waals surface area contributed by atoms with Crippen LogP contribution < -0.4 is 10.1 Å². The quantitative estimate of drug-likeness (QED) is 0.728. The zero-order chi connectivity index (χ0) is 16.8. The third-order valence-electron chi connectivity index (χ3n) is 3.15. The molecule has 0 saturated heterocycles. The van der Waals surface area contributed by atoms with Gasteiger partial charge >= 0.3 is 0 Å². The average Bonchev–Trinajstić information content (AvgIpc) is 3.09. The molecule has 122 valence electrons. The second-order valence-electron chi connectivity index (χ2n) is 4.89. The molecule has 0 fully saturated rings. The number of halogens is 1. The van der Waals surface area contributed by atoms with Gasteiger partial charge in [-0.3, -0.25) is 9.78 Å². The fourth-order valence-electron chi connectivity index (χ4n) is 1.96. The summed E-state index contributed by atoms with van der Waals surface area (Å²) in [5, 5.41) is 5.78. The Labute approximate surface area is 148 Å². The summed E-state index contributed by atoms with van der Waals surface area (Å²) < 4.78 is 5.62. The predicted octanol–water partition coefficient (Wildman–Crippen LogP) is 3.70. The summed E-state index contributed by atoms with van der Waals surface area (Å²) in [6.45, 7) is 0.680. The highest BCUT2D eigenvalue weighted by Gasteiger charge is 2.11. The van der Waals surface area contributed by atoms with Crippen LogP contribution in [0.4, 0.5) is 0 Å². The van der Waals surface area contributed by atoms with E-state index in [2.05, 4.69) is 15.3 Å². The Morgan fingerprint density at radius 3 is 2.92 bits per heavy atom. The molecule has 1 aromatic carbocycles. The van der Waals surface area contributed by atoms with Crippen LogP contribution in [-0.2, 0) is 13.2 Å². The first-order chi connectivity index (χ1) is 11.7. The largest absolute Gasteiger partial charge is 0.485 e. The number of aromatic nitrogens is 2. The SMILES string of the molecule is O=C(NCc1cccnc1)c1csc(COc2ccccc2Cl)n1. The summed E-state index contributed by atoms with van der Waals surface area (Å²) in [6, 6.07) is 11.0. The molecule has 3 aromatic rings. The average molecular weight is 360 g/mol. The molecule has 0 bridgehead atoms. The molecule has 2 aromatic heterocycles. The number of para-hydroxylation sites is 1. The molecule has 0 aliphatic rings. The lowest BCUT2D eigenvalue weighted by molar-refractivity contribution is 0.0946. The van der Waals surface area contributed by atoms with Gasteiger partial charge in [0.25, 0.3) is 5.91 Å². The molecular weight excluding hydrogens is 346 g/mol. The Morgan fingerprint density at radius 2 is 2.12 bits per heavy atom. The molecule has 5 nitrogen and oxygen atoms in total. The van der Waals surface area contributed by atoms with Crippen molar-refractivity contribution in [3.05, 3.63) is 75.5 Å². The van der Waals surface area contributed by atoms with E-state index in [4.69, 9.17) is 16.3 Å². The van der Waals surface area contributed by atoms with Crippen molar-refractivity contribution in [1.29, 1.82) is 0 Å². The molecule has 7 heteroatoms. The second-order valence-corrected chi connectivity index (χ2v) is 6.24. The lowest BCUT2D eigenvalue weighted by atomic mass is 10.3. The summed E-state index contributed by atoms with van der Waals surface area (Å²) >= 11 is 7.41. The summed E-state index contributed by atoms with van der Waals surface area (Å²) in [6.07, 6.45) is 3.40. The van der Waals surface area contributed by atoms with Crippen molar-refractivity contribution in [2.75, 3.05) is 0 Å². The van der Waals surface area contributed by atoms with Gasteiger partial charge in [-0.05, 0) is 23.8 Å². The molecule has 0 saturated carbocycles. The fraction of sp³-hybridized carbons (Fsp3) is 0.118. The van der Waals surface area contributed by atoms with Crippen LogP contribution in [-0.4, -0.2) is 15.9 Å². The molecule has 0 unspecified atom stereocenters. The number of nitrogens with one attached hydrogen (secondary N) is 1. The van der Waals surface area contributed by atoms with Gasteiger partial charge in [0.15, 0.2) is 0 Å². The first-order valence-electron chi connectivity index (χ1n) is 7.21. The van der Waals surface area contributed by atoms with Crippen molar-refractivity contribution < 1.29 is 9.53 Å². The number of hydrogen-bond donors (Lipinski definition) is 1. The van der Waals surface area contributed by atoms with E-state index >= 15 is 0 Å². The lowest BCUT2D eigenvalue weighted by Crippen LogP contribution is -2.23. The highest BCUT2D eigenvalue weighted by Crippen LogP contribution is 2.24. The van der Waals surface area contributed by atoms with E-state index in [9.17, 15) is 4.79 Å². The maximum atomic E-state index is 12.1. The van der Waals surface area contributed by atoms with E-state index in [0.29, 0.717) is 28.0 Å². The van der Waals surface area contributed by atoms with Crippen molar-refractivity contribution >= 4 is 28.8 Å². The van der Waals surface area contributed by atoms with E-state index < -0.39 is 0 Å². The second kappa shape index (κ2) is 7.90. The molecule has 0 atom stereocenters. The van der Waals surface area contributed by atoms with E-state index in [-0.39, 0.29) is 12.5 Å². The van der Waals surface area contributed by atoms with Gasteiger partial charge in [0.2, 0.25) is 0 Å². The van der Waals surface area contributed by atoms with Crippen LogP contribution >= 0.6 is 22.9 Å². The first kappa shape index (κ1) is 16.4. The van der Waals surface area contributed by atoms with Crippen molar-refractivity contribution in [3.63, 3.8) is 0 Å². The van der Waals surface area contributed by atoms with Crippen molar-refractivity contribution in [3.8, 4) is 5.75 Å². The first-order valence-corrected chi connectivity index (χ1v) is 8.47. The Morgan fingerprint density at radius 1 is 1.25 bits per heavy atom. The minimum Gasteiger partial charge on any atom is -0.485 e. The van der Waals surface area contributed by atoms with E-state index in [0.717, 1.165) is 5.56 Å². The van der Waals surface area contributed by atoms with Crippen LogP contribution in [0.2, 0.25) is 5.02 Å². The highest BCUT2D eigenvalue weighted by atomic mass is 35.5. The van der Waals surface area contributed by atoms with Gasteiger partial charge in [-0.1, -0.05) is 29.8 Å². The monoisotopic (exact) mass is 359 g/mol. The number of pyridine rings is 1. The molecule has 1 N–H and O–H groups in total. The van der Waals surface area contributed by atoms with Gasteiger partial charge in [0.05, 0.1) is 5.02 Å². The number of amides is 1. The fourth-order valence-corrected chi connectivity index (χ4v) is 2.83. The van der Waals surface area contributed by atoms with Crippen molar-refractivity contribution in [2.45, 2.75) is 13.2 Å². The molecule has 0 aliphatic carbocycles. The van der Waals surface area contributed by atoms with Crippen molar-refractivity contribution in [2.24, 2.45) is 0 Å². The molecule has 3 rings (SSSR count). The maximum absolute atomic E-state index is 12.1. The van der Waals surface area contributed by atoms with Gasteiger partial charge in [0, 0.05) is 24.3 Å². The van der Waals surface area contributed by atoms with E-state index in [1.165, 1.54) is 11.3 Å². The van der Waals surface area contributed by atoms with Gasteiger partial charge in [0.1, 0.15) is 23.1 Å². The van der Waals surface area contributed by atoms with Gasteiger partial charge < -0.3 is 10.1 Å². The Kier molecular flexibility index (Phi) is 5.40. The number of nitrogens with zero attached hydrogens (tertiary/aromatic N) is 2. The van der Waals surface area contributed by atoms with Crippen molar-refractivity contribution in [1.82, 2.24) is 15.3 Å². The topological polar surface area (TPSA) is 64.1 Å². The third kappa shape index (κ3) is 4.31. The number of ether oxygens (including phenoxy) is 1. The number of rotatable bonds is 6. The van der Waals surface area contributed by atoms with Gasteiger partial charge in [-0.2, -0.15) is 0 Å². The third-order valence-corrected chi connectivity index (χ3v) is 4.28. The van der Waals surface area contributed by atoms with Crippen LogP contribution in [0.15, 0.2) is 54.2 Å².